The molecule has 8 heteroatoms. The van der Waals surface area contributed by atoms with E-state index in [9.17, 15) is 19.2 Å². The molecule has 0 saturated heterocycles. The van der Waals surface area contributed by atoms with Crippen molar-refractivity contribution in [2.24, 2.45) is 5.92 Å². The molecule has 0 atom stereocenters. The molecule has 8 nitrogen and oxygen atoms in total. The third-order valence-corrected chi connectivity index (χ3v) is 6.14. The molecular weight excluding hydrogens is 470 g/mol. The van der Waals surface area contributed by atoms with Gasteiger partial charge in [-0.25, -0.2) is 0 Å². The Morgan fingerprint density at radius 1 is 0.919 bits per heavy atom. The van der Waals surface area contributed by atoms with Gasteiger partial charge in [-0.15, -0.1) is 0 Å². The average Bonchev–Trinajstić information content (AvgIpc) is 3.13. The molecule has 4 rings (SSSR count). The Hall–Kier alpha value is -4.46. The Labute approximate surface area is 215 Å². The second kappa shape index (κ2) is 10.7. The minimum Gasteiger partial charge on any atom is -0.496 e. The standard InChI is InChI=1S/C29H29N3O5/c1-17(2)15-30-26(33)20-10-11-24(18(3)13-20)31-27(34)23-14-19(9-12-25(23)37-4)16-32-28(35)21-7-5-6-8-22(21)29(32)36/h5-14,17H,15-16H2,1-4H3,(H,30,33)(H,31,34). The molecule has 4 amide bonds. The van der Waals surface area contributed by atoms with Gasteiger partial charge in [0.05, 0.1) is 30.3 Å². The summed E-state index contributed by atoms with van der Waals surface area (Å²) in [6.07, 6.45) is 0. The van der Waals surface area contributed by atoms with E-state index in [0.717, 1.165) is 5.56 Å². The van der Waals surface area contributed by atoms with Crippen LogP contribution in [0.4, 0.5) is 5.69 Å². The topological polar surface area (TPSA) is 105 Å². The van der Waals surface area contributed by atoms with Crippen molar-refractivity contribution in [3.8, 4) is 5.75 Å². The summed E-state index contributed by atoms with van der Waals surface area (Å²) < 4.78 is 5.39. The summed E-state index contributed by atoms with van der Waals surface area (Å²) in [5.41, 5.74) is 3.40. The SMILES string of the molecule is COc1ccc(CN2C(=O)c3ccccc3C2=O)cc1C(=O)Nc1ccc(C(=O)NCC(C)C)cc1C. The second-order valence-electron chi connectivity index (χ2n) is 9.36. The molecule has 190 valence electrons. The molecule has 0 fully saturated rings. The summed E-state index contributed by atoms with van der Waals surface area (Å²) >= 11 is 0. The van der Waals surface area contributed by atoms with Crippen molar-refractivity contribution in [2.75, 3.05) is 19.0 Å². The molecular formula is C29H29N3O5. The zero-order valence-electron chi connectivity index (χ0n) is 21.3. The number of nitrogens with one attached hydrogen (secondary N) is 2. The molecule has 1 aliphatic rings. The third-order valence-electron chi connectivity index (χ3n) is 6.14. The minimum atomic E-state index is -0.416. The lowest BCUT2D eigenvalue weighted by Crippen LogP contribution is -2.29. The molecule has 37 heavy (non-hydrogen) atoms. The van der Waals surface area contributed by atoms with Crippen molar-refractivity contribution >= 4 is 29.3 Å². The number of anilines is 1. The van der Waals surface area contributed by atoms with E-state index in [1.54, 1.807) is 60.7 Å². The van der Waals surface area contributed by atoms with E-state index in [1.165, 1.54) is 12.0 Å². The van der Waals surface area contributed by atoms with Crippen LogP contribution in [0, 0.1) is 12.8 Å². The number of rotatable bonds is 8. The fourth-order valence-corrected chi connectivity index (χ4v) is 4.13. The number of amides is 4. The summed E-state index contributed by atoms with van der Waals surface area (Å²) in [7, 11) is 1.46. The number of aryl methyl sites for hydroxylation is 1. The Kier molecular flexibility index (Phi) is 7.38. The molecule has 0 aliphatic carbocycles. The lowest BCUT2D eigenvalue weighted by molar-refractivity contribution is 0.0642. The number of fused-ring (bicyclic) bond motifs is 1. The number of methoxy groups -OCH3 is 1. The molecule has 0 unspecified atom stereocenters. The van der Waals surface area contributed by atoms with Crippen molar-refractivity contribution in [1.82, 2.24) is 10.2 Å². The predicted molar refractivity (Wildman–Crippen MR) is 140 cm³/mol. The summed E-state index contributed by atoms with van der Waals surface area (Å²) in [4.78, 5) is 52.3. The van der Waals surface area contributed by atoms with Crippen LogP contribution in [0.3, 0.4) is 0 Å². The Morgan fingerprint density at radius 2 is 1.59 bits per heavy atom. The lowest BCUT2D eigenvalue weighted by atomic mass is 10.1. The van der Waals surface area contributed by atoms with E-state index in [4.69, 9.17) is 4.74 Å². The van der Waals surface area contributed by atoms with E-state index >= 15 is 0 Å². The fourth-order valence-electron chi connectivity index (χ4n) is 4.13. The Morgan fingerprint density at radius 3 is 2.19 bits per heavy atom. The first kappa shape index (κ1) is 25.6. The van der Waals surface area contributed by atoms with Gasteiger partial charge in [0, 0.05) is 17.8 Å². The highest BCUT2D eigenvalue weighted by molar-refractivity contribution is 6.21. The van der Waals surface area contributed by atoms with Crippen molar-refractivity contribution in [3.63, 3.8) is 0 Å². The highest BCUT2D eigenvalue weighted by Gasteiger charge is 2.35. The van der Waals surface area contributed by atoms with Crippen LogP contribution in [-0.2, 0) is 6.54 Å². The molecule has 2 N–H and O–H groups in total. The van der Waals surface area contributed by atoms with Gasteiger partial charge in [0.2, 0.25) is 0 Å². The van der Waals surface area contributed by atoms with Crippen LogP contribution < -0.4 is 15.4 Å². The maximum atomic E-state index is 13.2. The minimum absolute atomic E-state index is 0.0236. The number of carbonyl (C=O) groups excluding carboxylic acids is 4. The van der Waals surface area contributed by atoms with Crippen LogP contribution in [-0.4, -0.2) is 42.2 Å². The van der Waals surface area contributed by atoms with Gasteiger partial charge in [-0.05, 0) is 66.4 Å². The molecule has 1 heterocycles. The zero-order valence-corrected chi connectivity index (χ0v) is 21.3. The molecule has 0 bridgehead atoms. The monoisotopic (exact) mass is 499 g/mol. The summed E-state index contributed by atoms with van der Waals surface area (Å²) in [6.45, 7) is 6.45. The largest absolute Gasteiger partial charge is 0.496 e. The highest BCUT2D eigenvalue weighted by Crippen LogP contribution is 2.27. The summed E-state index contributed by atoms with van der Waals surface area (Å²) in [5.74, 6) is -0.623. The lowest BCUT2D eigenvalue weighted by Gasteiger charge is -2.16. The number of ether oxygens (including phenoxy) is 1. The van der Waals surface area contributed by atoms with E-state index in [1.807, 2.05) is 20.8 Å². The molecule has 3 aromatic rings. The number of nitrogens with zero attached hydrogens (tertiary/aromatic N) is 1. The second-order valence-corrected chi connectivity index (χ2v) is 9.36. The molecule has 0 aromatic heterocycles. The molecule has 0 radical (unpaired) electrons. The van der Waals surface area contributed by atoms with Gasteiger partial charge in [0.15, 0.2) is 0 Å². The van der Waals surface area contributed by atoms with Crippen molar-refractivity contribution in [1.29, 1.82) is 0 Å². The summed E-state index contributed by atoms with van der Waals surface area (Å²) in [5, 5.41) is 5.75. The number of benzene rings is 3. The van der Waals surface area contributed by atoms with Crippen LogP contribution in [0.1, 0.15) is 66.4 Å². The van der Waals surface area contributed by atoms with Gasteiger partial charge in [0.25, 0.3) is 23.6 Å². The van der Waals surface area contributed by atoms with Crippen molar-refractivity contribution < 1.29 is 23.9 Å². The van der Waals surface area contributed by atoms with E-state index in [2.05, 4.69) is 10.6 Å². The maximum absolute atomic E-state index is 13.2. The molecule has 3 aromatic carbocycles. The fraction of sp³-hybridized carbons (Fsp3) is 0.241. The average molecular weight is 500 g/mol. The van der Waals surface area contributed by atoms with Crippen molar-refractivity contribution in [3.05, 3.63) is 94.0 Å². The first-order valence-corrected chi connectivity index (χ1v) is 12.0. The molecule has 1 aliphatic heterocycles. The van der Waals surface area contributed by atoms with E-state index in [0.29, 0.717) is 46.2 Å². The first-order chi connectivity index (χ1) is 17.7. The number of hydrogen-bond acceptors (Lipinski definition) is 5. The number of imide groups is 1. The normalized spacial score (nSPS) is 12.5. The van der Waals surface area contributed by atoms with E-state index < -0.39 is 5.91 Å². The zero-order chi connectivity index (χ0) is 26.7. The van der Waals surface area contributed by atoms with Gasteiger partial charge in [0.1, 0.15) is 5.75 Å². The molecule has 0 spiro atoms. The van der Waals surface area contributed by atoms with Crippen LogP contribution in [0.15, 0.2) is 60.7 Å². The van der Waals surface area contributed by atoms with Gasteiger partial charge >= 0.3 is 0 Å². The smallest absolute Gasteiger partial charge is 0.261 e. The van der Waals surface area contributed by atoms with Crippen LogP contribution in [0.25, 0.3) is 0 Å². The number of hydrogen-bond donors (Lipinski definition) is 2. The Bertz CT molecular complexity index is 1360. The van der Waals surface area contributed by atoms with Crippen LogP contribution in [0.5, 0.6) is 5.75 Å². The Balaban J connectivity index is 1.52. The highest BCUT2D eigenvalue weighted by atomic mass is 16.5. The van der Waals surface area contributed by atoms with Gasteiger partial charge < -0.3 is 15.4 Å². The van der Waals surface area contributed by atoms with E-state index in [-0.39, 0.29) is 29.8 Å². The van der Waals surface area contributed by atoms with Crippen LogP contribution >= 0.6 is 0 Å². The summed E-state index contributed by atoms with van der Waals surface area (Å²) in [6, 6.07) is 16.7. The van der Waals surface area contributed by atoms with Gasteiger partial charge in [-0.1, -0.05) is 32.0 Å². The van der Waals surface area contributed by atoms with Crippen LogP contribution in [0.2, 0.25) is 0 Å². The molecule has 0 saturated carbocycles. The van der Waals surface area contributed by atoms with Crippen molar-refractivity contribution in [2.45, 2.75) is 27.3 Å². The predicted octanol–water partition coefficient (Wildman–Crippen LogP) is 4.44. The maximum Gasteiger partial charge on any atom is 0.261 e. The van der Waals surface area contributed by atoms with Gasteiger partial charge in [-0.2, -0.15) is 0 Å². The third kappa shape index (κ3) is 5.38. The number of carbonyl (C=O) groups is 4. The quantitative estimate of drug-likeness (QED) is 0.446. The van der Waals surface area contributed by atoms with Gasteiger partial charge in [-0.3, -0.25) is 24.1 Å². The first-order valence-electron chi connectivity index (χ1n) is 12.0.